The Hall–Kier alpha value is -0.860. The van der Waals surface area contributed by atoms with Crippen molar-refractivity contribution in [2.45, 2.75) is 12.8 Å². The molecule has 0 amide bonds. The van der Waals surface area contributed by atoms with Gasteiger partial charge in [0.25, 0.3) is 0 Å². The third-order valence-corrected chi connectivity index (χ3v) is 3.76. The summed E-state index contributed by atoms with van der Waals surface area (Å²) in [6.45, 7) is 2.05. The van der Waals surface area contributed by atoms with Gasteiger partial charge in [-0.25, -0.2) is 0 Å². The number of thiophene rings is 1. The largest absolute Gasteiger partial charge is 0.298 e. The Labute approximate surface area is 91.3 Å². The van der Waals surface area contributed by atoms with Gasteiger partial charge >= 0.3 is 0 Å². The minimum absolute atomic E-state index is 0.390. The number of carbonyl (C=O) groups excluding carboxylic acids is 1. The number of halogens is 1. The van der Waals surface area contributed by atoms with Crippen LogP contribution in [0, 0.1) is 6.92 Å². The normalized spacial score (nSPS) is 10.7. The van der Waals surface area contributed by atoms with Crippen molar-refractivity contribution in [1.82, 2.24) is 0 Å². The van der Waals surface area contributed by atoms with Crippen molar-refractivity contribution in [3.63, 3.8) is 0 Å². The molecule has 1 nitrogen and oxygen atoms in total. The molecule has 0 bridgehead atoms. The summed E-state index contributed by atoms with van der Waals surface area (Å²) in [5, 5.41) is 3.22. The van der Waals surface area contributed by atoms with E-state index in [1.807, 2.05) is 19.1 Å². The van der Waals surface area contributed by atoms with Crippen molar-refractivity contribution in [3.8, 4) is 0 Å². The molecular formula is C11H9ClOS. The highest BCUT2D eigenvalue weighted by molar-refractivity contribution is 7.17. The van der Waals surface area contributed by atoms with Gasteiger partial charge in [-0.15, -0.1) is 22.9 Å². The van der Waals surface area contributed by atoms with Gasteiger partial charge in [0.2, 0.25) is 0 Å². The van der Waals surface area contributed by atoms with Gasteiger partial charge in [0.15, 0.2) is 6.29 Å². The van der Waals surface area contributed by atoms with Crippen LogP contribution < -0.4 is 0 Å². The van der Waals surface area contributed by atoms with Crippen molar-refractivity contribution >= 4 is 39.3 Å². The first-order valence-corrected chi connectivity index (χ1v) is 5.70. The Morgan fingerprint density at radius 1 is 1.50 bits per heavy atom. The van der Waals surface area contributed by atoms with E-state index in [-0.39, 0.29) is 0 Å². The number of benzene rings is 1. The third kappa shape index (κ3) is 1.35. The Morgan fingerprint density at radius 3 is 2.93 bits per heavy atom. The van der Waals surface area contributed by atoms with E-state index in [0.717, 1.165) is 27.5 Å². The van der Waals surface area contributed by atoms with E-state index in [4.69, 9.17) is 11.6 Å². The van der Waals surface area contributed by atoms with Gasteiger partial charge in [0.1, 0.15) is 0 Å². The summed E-state index contributed by atoms with van der Waals surface area (Å²) < 4.78 is 1.05. The molecule has 2 aromatic rings. The van der Waals surface area contributed by atoms with Crippen LogP contribution >= 0.6 is 22.9 Å². The van der Waals surface area contributed by atoms with E-state index in [1.165, 1.54) is 5.56 Å². The van der Waals surface area contributed by atoms with Gasteiger partial charge in [0, 0.05) is 16.1 Å². The fraction of sp³-hybridized carbons (Fsp3) is 0.182. The molecule has 72 valence electrons. The second-order valence-electron chi connectivity index (χ2n) is 3.19. The molecule has 1 aromatic heterocycles. The van der Waals surface area contributed by atoms with Crippen LogP contribution in [0.15, 0.2) is 17.5 Å². The number of hydrogen-bond acceptors (Lipinski definition) is 2. The summed E-state index contributed by atoms with van der Waals surface area (Å²) in [5.74, 6) is 0.390. The fourth-order valence-electron chi connectivity index (χ4n) is 1.53. The van der Waals surface area contributed by atoms with E-state index in [1.54, 1.807) is 11.3 Å². The van der Waals surface area contributed by atoms with Crippen LogP contribution in [0.3, 0.4) is 0 Å². The lowest BCUT2D eigenvalue weighted by Gasteiger charge is -2.01. The number of fused-ring (bicyclic) bond motifs is 1. The van der Waals surface area contributed by atoms with Crippen LogP contribution in [0.5, 0.6) is 0 Å². The first kappa shape index (κ1) is 9.69. The lowest BCUT2D eigenvalue weighted by molar-refractivity contribution is 0.112. The van der Waals surface area contributed by atoms with Gasteiger partial charge in [-0.3, -0.25) is 4.79 Å². The van der Waals surface area contributed by atoms with Gasteiger partial charge in [-0.1, -0.05) is 12.1 Å². The van der Waals surface area contributed by atoms with E-state index < -0.39 is 0 Å². The molecule has 0 spiro atoms. The van der Waals surface area contributed by atoms with Crippen LogP contribution in [0.4, 0.5) is 0 Å². The van der Waals surface area contributed by atoms with E-state index in [0.29, 0.717) is 5.88 Å². The second kappa shape index (κ2) is 3.71. The zero-order valence-corrected chi connectivity index (χ0v) is 9.28. The number of hydrogen-bond donors (Lipinski definition) is 0. The molecule has 0 fully saturated rings. The van der Waals surface area contributed by atoms with E-state index >= 15 is 0 Å². The fourth-order valence-corrected chi connectivity index (χ4v) is 2.85. The number of alkyl halides is 1. The van der Waals surface area contributed by atoms with E-state index in [9.17, 15) is 4.79 Å². The predicted octanol–water partition coefficient (Wildman–Crippen LogP) is 3.76. The van der Waals surface area contributed by atoms with Crippen molar-refractivity contribution in [2.24, 2.45) is 0 Å². The zero-order chi connectivity index (χ0) is 10.1. The molecule has 0 aliphatic rings. The molecule has 1 aromatic carbocycles. The molecule has 0 saturated carbocycles. The van der Waals surface area contributed by atoms with Crippen molar-refractivity contribution in [1.29, 1.82) is 0 Å². The lowest BCUT2D eigenvalue weighted by Crippen LogP contribution is -1.89. The van der Waals surface area contributed by atoms with Gasteiger partial charge in [-0.05, 0) is 28.8 Å². The monoisotopic (exact) mass is 224 g/mol. The van der Waals surface area contributed by atoms with Crippen molar-refractivity contribution < 1.29 is 4.79 Å². The lowest BCUT2D eigenvalue weighted by atomic mass is 10.1. The standard InChI is InChI=1S/C11H9ClOS/c1-7-6-14-11-9(7)3-2-8(4-12)10(11)5-13/h2-3,5-6H,4H2,1H3. The van der Waals surface area contributed by atoms with Gasteiger partial charge < -0.3 is 0 Å². The van der Waals surface area contributed by atoms with Crippen LogP contribution in [0.1, 0.15) is 21.5 Å². The predicted molar refractivity (Wildman–Crippen MR) is 61.5 cm³/mol. The Bertz CT molecular complexity index is 487. The number of rotatable bonds is 2. The zero-order valence-electron chi connectivity index (χ0n) is 7.71. The molecule has 0 aliphatic heterocycles. The Kier molecular flexibility index (Phi) is 2.57. The quantitative estimate of drug-likeness (QED) is 0.561. The molecule has 3 heteroatoms. The SMILES string of the molecule is Cc1csc2c(C=O)c(CCl)ccc12. The molecule has 0 N–H and O–H groups in total. The maximum Gasteiger partial charge on any atom is 0.151 e. The highest BCUT2D eigenvalue weighted by Gasteiger charge is 2.08. The maximum absolute atomic E-state index is 11.0. The summed E-state index contributed by atoms with van der Waals surface area (Å²) in [6, 6.07) is 3.96. The van der Waals surface area contributed by atoms with Gasteiger partial charge in [0.05, 0.1) is 0 Å². The first-order valence-electron chi connectivity index (χ1n) is 4.28. The topological polar surface area (TPSA) is 17.1 Å². The average molecular weight is 225 g/mol. The van der Waals surface area contributed by atoms with E-state index in [2.05, 4.69) is 5.38 Å². The maximum atomic E-state index is 11.0. The Morgan fingerprint density at radius 2 is 2.29 bits per heavy atom. The average Bonchev–Trinajstić information content (AvgIpc) is 2.59. The number of carbonyl (C=O) groups is 1. The molecular weight excluding hydrogens is 216 g/mol. The minimum atomic E-state index is 0.390. The highest BCUT2D eigenvalue weighted by atomic mass is 35.5. The molecule has 0 unspecified atom stereocenters. The number of aldehydes is 1. The van der Waals surface area contributed by atoms with Gasteiger partial charge in [-0.2, -0.15) is 0 Å². The van der Waals surface area contributed by atoms with Crippen LogP contribution in [0.25, 0.3) is 10.1 Å². The highest BCUT2D eigenvalue weighted by Crippen LogP contribution is 2.30. The third-order valence-electron chi connectivity index (χ3n) is 2.33. The second-order valence-corrected chi connectivity index (χ2v) is 4.33. The molecule has 2 rings (SSSR count). The molecule has 0 radical (unpaired) electrons. The summed E-state index contributed by atoms with van der Waals surface area (Å²) in [5.41, 5.74) is 2.88. The minimum Gasteiger partial charge on any atom is -0.298 e. The molecule has 14 heavy (non-hydrogen) atoms. The summed E-state index contributed by atoms with van der Waals surface area (Å²) in [6.07, 6.45) is 0.899. The molecule has 0 atom stereocenters. The van der Waals surface area contributed by atoms with Crippen molar-refractivity contribution in [3.05, 3.63) is 34.2 Å². The van der Waals surface area contributed by atoms with Crippen LogP contribution in [0.2, 0.25) is 0 Å². The van der Waals surface area contributed by atoms with Crippen LogP contribution in [-0.2, 0) is 5.88 Å². The Balaban J connectivity index is 2.84. The smallest absolute Gasteiger partial charge is 0.151 e. The van der Waals surface area contributed by atoms with Crippen LogP contribution in [-0.4, -0.2) is 6.29 Å². The molecule has 0 aliphatic carbocycles. The molecule has 1 heterocycles. The summed E-state index contributed by atoms with van der Waals surface area (Å²) in [4.78, 5) is 11.0. The summed E-state index contributed by atoms with van der Waals surface area (Å²) >= 11 is 7.37. The molecule has 0 saturated heterocycles. The van der Waals surface area contributed by atoms with Crippen molar-refractivity contribution in [2.75, 3.05) is 0 Å². The first-order chi connectivity index (χ1) is 6.77. The number of aryl methyl sites for hydroxylation is 1. The summed E-state index contributed by atoms with van der Waals surface area (Å²) in [7, 11) is 0.